The number of H-pyrrole nitrogens is 1. The fourth-order valence-corrected chi connectivity index (χ4v) is 3.62. The van der Waals surface area contributed by atoms with Crippen LogP contribution in [0.15, 0.2) is 30.5 Å². The first-order valence-corrected chi connectivity index (χ1v) is 11.8. The van der Waals surface area contributed by atoms with Crippen molar-refractivity contribution >= 4 is 46.5 Å². The second kappa shape index (κ2) is 13.7. The van der Waals surface area contributed by atoms with Gasteiger partial charge < -0.3 is 42.6 Å². The number of rotatable bonds is 15. The molecule has 1 aromatic carbocycles. The smallest absolute Gasteiger partial charge is 0.325 e. The second-order valence-electron chi connectivity index (χ2n) is 8.80. The van der Waals surface area contributed by atoms with E-state index in [2.05, 4.69) is 20.9 Å². The predicted molar refractivity (Wildman–Crippen MR) is 134 cm³/mol. The Labute approximate surface area is 217 Å². The number of carboxylic acids is 2. The van der Waals surface area contributed by atoms with Crippen LogP contribution in [0.1, 0.15) is 38.2 Å². The zero-order chi connectivity index (χ0) is 28.4. The number of aromatic amines is 1. The molecule has 38 heavy (non-hydrogen) atoms. The van der Waals surface area contributed by atoms with Crippen LogP contribution < -0.4 is 27.4 Å². The van der Waals surface area contributed by atoms with Gasteiger partial charge in [-0.25, -0.2) is 0 Å². The SMILES string of the molecule is CC(NC(=O)C(Cc1c[nH]c2ccccc12)NC(=O)C(CCC(=O)O)NC(=O)C(N)CCC(N)=O)C(=O)O. The number of amides is 4. The van der Waals surface area contributed by atoms with Gasteiger partial charge in [-0.2, -0.15) is 0 Å². The lowest BCUT2D eigenvalue weighted by Gasteiger charge is -2.24. The number of hydrogen-bond acceptors (Lipinski definition) is 7. The van der Waals surface area contributed by atoms with E-state index in [1.165, 1.54) is 6.92 Å². The number of carbonyl (C=O) groups excluding carboxylic acids is 4. The van der Waals surface area contributed by atoms with Crippen molar-refractivity contribution in [1.29, 1.82) is 0 Å². The molecular weight excluding hydrogens is 500 g/mol. The van der Waals surface area contributed by atoms with E-state index in [1.807, 2.05) is 12.1 Å². The molecule has 14 heteroatoms. The number of aromatic nitrogens is 1. The first-order chi connectivity index (χ1) is 17.9. The van der Waals surface area contributed by atoms with Gasteiger partial charge in [0.25, 0.3) is 0 Å². The third-order valence-electron chi connectivity index (χ3n) is 5.78. The third-order valence-corrected chi connectivity index (χ3v) is 5.78. The van der Waals surface area contributed by atoms with E-state index < -0.39 is 66.2 Å². The van der Waals surface area contributed by atoms with Crippen LogP contribution in [0.5, 0.6) is 0 Å². The maximum Gasteiger partial charge on any atom is 0.325 e. The Morgan fingerprint density at radius 3 is 2.16 bits per heavy atom. The molecule has 0 fully saturated rings. The quantitative estimate of drug-likeness (QED) is 0.136. The largest absolute Gasteiger partial charge is 0.481 e. The summed E-state index contributed by atoms with van der Waals surface area (Å²) in [4.78, 5) is 75.1. The highest BCUT2D eigenvalue weighted by atomic mass is 16.4. The highest BCUT2D eigenvalue weighted by Gasteiger charge is 2.30. The molecule has 0 saturated heterocycles. The maximum atomic E-state index is 13.2. The molecule has 2 rings (SSSR count). The minimum atomic E-state index is -1.38. The van der Waals surface area contributed by atoms with Gasteiger partial charge in [0.05, 0.1) is 6.04 Å². The number of primary amides is 1. The molecule has 0 saturated carbocycles. The maximum absolute atomic E-state index is 13.2. The molecule has 0 aliphatic rings. The fourth-order valence-electron chi connectivity index (χ4n) is 3.62. The Bertz CT molecular complexity index is 1200. The molecule has 4 unspecified atom stereocenters. The summed E-state index contributed by atoms with van der Waals surface area (Å²) in [5, 5.41) is 26.2. The molecule has 0 bridgehead atoms. The number of carbonyl (C=O) groups is 6. The average Bonchev–Trinajstić information content (AvgIpc) is 3.26. The summed E-state index contributed by atoms with van der Waals surface area (Å²) in [6.07, 6.45) is 0.555. The Morgan fingerprint density at radius 1 is 0.895 bits per heavy atom. The van der Waals surface area contributed by atoms with Crippen LogP contribution >= 0.6 is 0 Å². The summed E-state index contributed by atoms with van der Waals surface area (Å²) in [6.45, 7) is 1.26. The monoisotopic (exact) mass is 532 g/mol. The van der Waals surface area contributed by atoms with Crippen LogP contribution in [0, 0.1) is 0 Å². The van der Waals surface area contributed by atoms with Crippen molar-refractivity contribution in [3.63, 3.8) is 0 Å². The predicted octanol–water partition coefficient (Wildman–Crippen LogP) is -1.27. The highest BCUT2D eigenvalue weighted by molar-refractivity contribution is 5.95. The van der Waals surface area contributed by atoms with Gasteiger partial charge >= 0.3 is 11.9 Å². The van der Waals surface area contributed by atoms with Crippen LogP contribution in [-0.4, -0.2) is 74.9 Å². The van der Waals surface area contributed by atoms with Crippen molar-refractivity contribution in [2.45, 2.75) is 63.2 Å². The van der Waals surface area contributed by atoms with Gasteiger partial charge in [-0.3, -0.25) is 28.8 Å². The van der Waals surface area contributed by atoms with Gasteiger partial charge in [0, 0.05) is 36.4 Å². The molecule has 0 spiro atoms. The van der Waals surface area contributed by atoms with E-state index in [9.17, 15) is 33.9 Å². The minimum absolute atomic E-state index is 0.0361. The summed E-state index contributed by atoms with van der Waals surface area (Å²) in [5.41, 5.74) is 12.3. The average molecular weight is 533 g/mol. The van der Waals surface area contributed by atoms with E-state index in [-0.39, 0.29) is 25.7 Å². The molecule has 1 aromatic heterocycles. The van der Waals surface area contributed by atoms with Gasteiger partial charge in [0.15, 0.2) is 0 Å². The Hall–Kier alpha value is -4.46. The van der Waals surface area contributed by atoms with Crippen LogP contribution in [-0.2, 0) is 35.2 Å². The van der Waals surface area contributed by atoms with Crippen molar-refractivity contribution in [1.82, 2.24) is 20.9 Å². The van der Waals surface area contributed by atoms with Gasteiger partial charge in [0.1, 0.15) is 18.1 Å². The third kappa shape index (κ3) is 8.89. The Kier molecular flexibility index (Phi) is 10.8. The van der Waals surface area contributed by atoms with E-state index >= 15 is 0 Å². The van der Waals surface area contributed by atoms with E-state index in [1.54, 1.807) is 18.3 Å². The molecule has 4 atom stereocenters. The summed E-state index contributed by atoms with van der Waals surface area (Å²) in [5.74, 6) is -5.65. The lowest BCUT2D eigenvalue weighted by Crippen LogP contribution is -2.57. The summed E-state index contributed by atoms with van der Waals surface area (Å²) < 4.78 is 0. The van der Waals surface area contributed by atoms with Crippen LogP contribution in [0.4, 0.5) is 0 Å². The van der Waals surface area contributed by atoms with Crippen molar-refractivity contribution in [3.8, 4) is 0 Å². The number of nitrogens with one attached hydrogen (secondary N) is 4. The van der Waals surface area contributed by atoms with Crippen LogP contribution in [0.2, 0.25) is 0 Å². The van der Waals surface area contributed by atoms with Gasteiger partial charge in [-0.15, -0.1) is 0 Å². The molecule has 2 aromatic rings. The number of benzene rings is 1. The van der Waals surface area contributed by atoms with Crippen LogP contribution in [0.3, 0.4) is 0 Å². The number of aliphatic carboxylic acids is 2. The Balaban J connectivity index is 2.26. The molecule has 1 heterocycles. The molecule has 10 N–H and O–H groups in total. The number of para-hydroxylation sites is 1. The first kappa shape index (κ1) is 29.8. The number of hydrogen-bond donors (Lipinski definition) is 8. The first-order valence-electron chi connectivity index (χ1n) is 11.8. The van der Waals surface area contributed by atoms with E-state index in [0.29, 0.717) is 5.56 Å². The van der Waals surface area contributed by atoms with Crippen molar-refractivity contribution in [2.75, 3.05) is 0 Å². The van der Waals surface area contributed by atoms with E-state index in [0.717, 1.165) is 10.9 Å². The molecule has 206 valence electrons. The summed E-state index contributed by atoms with van der Waals surface area (Å²) in [7, 11) is 0. The van der Waals surface area contributed by atoms with Gasteiger partial charge in [-0.05, 0) is 31.4 Å². The normalized spacial score (nSPS) is 14.1. The van der Waals surface area contributed by atoms with Crippen molar-refractivity contribution in [3.05, 3.63) is 36.0 Å². The lowest BCUT2D eigenvalue weighted by atomic mass is 10.0. The van der Waals surface area contributed by atoms with Gasteiger partial charge in [0.2, 0.25) is 23.6 Å². The molecule has 0 radical (unpaired) electrons. The van der Waals surface area contributed by atoms with Gasteiger partial charge in [-0.1, -0.05) is 18.2 Å². The number of fused-ring (bicyclic) bond motifs is 1. The van der Waals surface area contributed by atoms with Crippen LogP contribution in [0.25, 0.3) is 10.9 Å². The zero-order valence-electron chi connectivity index (χ0n) is 20.7. The highest BCUT2D eigenvalue weighted by Crippen LogP contribution is 2.19. The molecule has 4 amide bonds. The molecule has 0 aliphatic heterocycles. The topological polar surface area (TPSA) is 247 Å². The Morgan fingerprint density at radius 2 is 1.53 bits per heavy atom. The summed E-state index contributed by atoms with van der Waals surface area (Å²) >= 11 is 0. The standard InChI is InChI=1S/C24H32N6O8/c1-12(24(37)38)28-23(36)18(10-13-11-27-16-5-3-2-4-14(13)16)30-22(35)17(7-9-20(32)33)29-21(34)15(25)6-8-19(26)31/h2-5,11-12,15,17-18,27H,6-10,25H2,1H3,(H2,26,31)(H,28,36)(H,29,34)(H,30,35)(H,32,33)(H,37,38). The van der Waals surface area contributed by atoms with Crippen molar-refractivity contribution < 1.29 is 39.0 Å². The van der Waals surface area contributed by atoms with Crippen molar-refractivity contribution in [2.24, 2.45) is 11.5 Å². The fraction of sp³-hybridized carbons (Fsp3) is 0.417. The second-order valence-corrected chi connectivity index (χ2v) is 8.80. The molecule has 14 nitrogen and oxygen atoms in total. The molecular formula is C24H32N6O8. The van der Waals surface area contributed by atoms with E-state index in [4.69, 9.17) is 16.6 Å². The summed E-state index contributed by atoms with van der Waals surface area (Å²) in [6, 6.07) is 2.13. The number of carboxylic acid groups (broad SMARTS) is 2. The zero-order valence-corrected chi connectivity index (χ0v) is 20.7. The number of nitrogens with two attached hydrogens (primary N) is 2. The minimum Gasteiger partial charge on any atom is -0.481 e. The molecule has 0 aliphatic carbocycles. The lowest BCUT2D eigenvalue weighted by molar-refractivity contribution is -0.141.